The second-order valence-electron chi connectivity index (χ2n) is 9.40. The predicted molar refractivity (Wildman–Crippen MR) is 145 cm³/mol. The van der Waals surface area contributed by atoms with E-state index in [1.165, 1.54) is 16.8 Å². The third-order valence-corrected chi connectivity index (χ3v) is 8.26. The maximum Gasteiger partial charge on any atom is 0.330 e. The number of alkyl halides is 1. The van der Waals surface area contributed by atoms with E-state index in [0.717, 1.165) is 12.8 Å². The maximum absolute atomic E-state index is 12.9. The molecule has 1 unspecified atom stereocenters. The highest BCUT2D eigenvalue weighted by Crippen LogP contribution is 2.43. The monoisotopic (exact) mass is 579 g/mol. The molecule has 1 saturated heterocycles. The van der Waals surface area contributed by atoms with Crippen molar-refractivity contribution < 1.29 is 28.5 Å². The number of halogens is 1. The molecule has 1 aliphatic carbocycles. The van der Waals surface area contributed by atoms with Gasteiger partial charge in [0.1, 0.15) is 12.3 Å². The van der Waals surface area contributed by atoms with Gasteiger partial charge in [0.15, 0.2) is 11.6 Å². The number of benzene rings is 1. The molecule has 2 heterocycles. The second-order valence-corrected chi connectivity index (χ2v) is 11.5. The van der Waals surface area contributed by atoms with Crippen LogP contribution >= 0.6 is 20.1 Å². The molecule has 0 saturated carbocycles. The quantitative estimate of drug-likeness (QED) is 0.221. The average molecular weight is 580 g/mol. The van der Waals surface area contributed by atoms with Crippen LogP contribution in [0.15, 0.2) is 51.7 Å². The van der Waals surface area contributed by atoms with Gasteiger partial charge in [-0.25, -0.2) is 9.46 Å². The van der Waals surface area contributed by atoms with Crippen LogP contribution in [0.5, 0.6) is 0 Å². The number of nitrogens with one attached hydrogen (secondary N) is 1. The summed E-state index contributed by atoms with van der Waals surface area (Å²) in [5.74, 6) is -0.0153. The number of aliphatic hydroxyl groups excluding tert-OH is 1. The van der Waals surface area contributed by atoms with E-state index < -0.39 is 38.2 Å². The number of carbonyl (C=O) groups is 2. The largest absolute Gasteiger partial charge is 0.390 e. The van der Waals surface area contributed by atoms with Crippen molar-refractivity contribution in [3.05, 3.63) is 79.6 Å². The van der Waals surface area contributed by atoms with Crippen molar-refractivity contribution in [3.63, 3.8) is 0 Å². The molecule has 11 nitrogen and oxygen atoms in total. The van der Waals surface area contributed by atoms with Crippen molar-refractivity contribution in [2.75, 3.05) is 32.7 Å². The lowest BCUT2D eigenvalue weighted by atomic mass is 9.90. The van der Waals surface area contributed by atoms with Crippen molar-refractivity contribution >= 4 is 31.7 Å². The van der Waals surface area contributed by atoms with Gasteiger partial charge in [-0.05, 0) is 32.9 Å². The van der Waals surface area contributed by atoms with E-state index in [-0.39, 0.29) is 36.8 Å². The van der Waals surface area contributed by atoms with Crippen molar-refractivity contribution in [2.24, 2.45) is 0 Å². The Bertz CT molecular complexity index is 1360. The van der Waals surface area contributed by atoms with Gasteiger partial charge in [0.25, 0.3) is 14.1 Å². The number of ether oxygens (including phenoxy) is 1. The summed E-state index contributed by atoms with van der Waals surface area (Å²) in [5, 5.41) is 10.6. The van der Waals surface area contributed by atoms with E-state index in [9.17, 15) is 24.3 Å². The van der Waals surface area contributed by atoms with Gasteiger partial charge in [-0.2, -0.15) is 0 Å². The Morgan fingerprint density at radius 2 is 1.92 bits per heavy atom. The number of ketones is 2. The van der Waals surface area contributed by atoms with Crippen molar-refractivity contribution in [2.45, 2.75) is 44.6 Å². The summed E-state index contributed by atoms with van der Waals surface area (Å²) in [7, 11) is 0.110. The zero-order chi connectivity index (χ0) is 28.1. The van der Waals surface area contributed by atoms with Crippen LogP contribution in [-0.2, 0) is 13.8 Å². The van der Waals surface area contributed by atoms with Gasteiger partial charge >= 0.3 is 5.69 Å². The molecule has 1 fully saturated rings. The zero-order valence-corrected chi connectivity index (χ0v) is 23.3. The van der Waals surface area contributed by atoms with Gasteiger partial charge in [0.2, 0.25) is 0 Å². The molecule has 0 amide bonds. The Kier molecular flexibility index (Phi) is 10.0. The predicted octanol–water partition coefficient (Wildman–Crippen LogP) is 2.71. The fourth-order valence-corrected chi connectivity index (χ4v) is 5.81. The van der Waals surface area contributed by atoms with E-state index in [1.54, 1.807) is 31.2 Å². The lowest BCUT2D eigenvalue weighted by Gasteiger charge is -2.28. The first-order valence-electron chi connectivity index (χ1n) is 12.6. The summed E-state index contributed by atoms with van der Waals surface area (Å²) in [6.45, 7) is 2.00. The van der Waals surface area contributed by atoms with Crippen molar-refractivity contribution in [1.29, 1.82) is 0 Å². The summed E-state index contributed by atoms with van der Waals surface area (Å²) >= 11 is 5.81. The first-order valence-corrected chi connectivity index (χ1v) is 14.2. The molecule has 1 aromatic carbocycles. The standard InChI is InChI=1S/C26H31ClN3O8P/c1-16-13-30(26(35)28-25(16)34)23-12-21(32)22(38-23)15-37-39(29(2)10-6-5-9-27)36-14-17-11-20(31)18-7-3-4-8-19(18)24(17)33/h3-4,7-8,11,13,21-23,32H,5-6,9-10,12,14-15H2,1-2H3,(H,28,34,35)/t21-,22+,23+,39?/m0/s1. The lowest BCUT2D eigenvalue weighted by Crippen LogP contribution is -2.33. The van der Waals surface area contributed by atoms with E-state index in [0.29, 0.717) is 29.1 Å². The number of carbonyl (C=O) groups excluding carboxylic acids is 2. The highest BCUT2D eigenvalue weighted by Gasteiger charge is 2.37. The van der Waals surface area contributed by atoms with Crippen LogP contribution in [0.1, 0.15) is 51.8 Å². The molecule has 2 aromatic rings. The third-order valence-electron chi connectivity index (χ3n) is 6.52. The Morgan fingerprint density at radius 3 is 2.67 bits per heavy atom. The SMILES string of the molecule is Cc1cn([C@H]2C[C@H](O)[C@@H](COP(OCC3=CC(=O)c4ccccc4C3=O)N(C)CCCCCl)O2)c(=O)[nH]c1=O. The van der Waals surface area contributed by atoms with E-state index >= 15 is 0 Å². The van der Waals surface area contributed by atoms with Crippen LogP contribution in [0, 0.1) is 6.92 Å². The minimum Gasteiger partial charge on any atom is -0.390 e. The number of aromatic amines is 1. The number of unbranched alkanes of at least 4 members (excludes halogenated alkanes) is 1. The van der Waals surface area contributed by atoms with Gasteiger partial charge < -0.3 is 18.9 Å². The first kappa shape index (κ1) is 29.5. The number of nitrogens with zero attached hydrogens (tertiary/aromatic N) is 2. The Morgan fingerprint density at radius 1 is 1.18 bits per heavy atom. The molecule has 4 rings (SSSR count). The number of Topliss-reactive ketones (excluding diaryl/α,β-unsaturated/α-hetero) is 1. The molecular formula is C26H31ClN3O8P. The normalized spacial score (nSPS) is 21.8. The molecule has 0 bridgehead atoms. The number of aromatic nitrogens is 2. The smallest absolute Gasteiger partial charge is 0.330 e. The average Bonchev–Trinajstić information content (AvgIpc) is 3.28. The van der Waals surface area contributed by atoms with Crippen LogP contribution in [0.4, 0.5) is 0 Å². The highest BCUT2D eigenvalue weighted by atomic mass is 35.5. The molecule has 13 heteroatoms. The highest BCUT2D eigenvalue weighted by molar-refractivity contribution is 7.44. The van der Waals surface area contributed by atoms with Gasteiger partial charge in [-0.15, -0.1) is 11.6 Å². The lowest BCUT2D eigenvalue weighted by molar-refractivity contribution is -0.0425. The summed E-state index contributed by atoms with van der Waals surface area (Å²) in [4.78, 5) is 51.7. The fraction of sp³-hybridized carbons (Fsp3) is 0.462. The Balaban J connectivity index is 1.42. The van der Waals surface area contributed by atoms with E-state index in [1.807, 2.05) is 11.7 Å². The Hall–Kier alpha value is -2.50. The van der Waals surface area contributed by atoms with Crippen molar-refractivity contribution in [3.8, 4) is 0 Å². The molecular weight excluding hydrogens is 549 g/mol. The van der Waals surface area contributed by atoms with E-state index in [2.05, 4.69) is 4.98 Å². The van der Waals surface area contributed by atoms with Gasteiger partial charge in [-0.1, -0.05) is 24.3 Å². The number of hydrogen-bond donors (Lipinski definition) is 2. The molecule has 210 valence electrons. The van der Waals surface area contributed by atoms with Crippen LogP contribution in [0.3, 0.4) is 0 Å². The molecule has 39 heavy (non-hydrogen) atoms. The zero-order valence-electron chi connectivity index (χ0n) is 21.7. The van der Waals surface area contributed by atoms with Crippen LogP contribution in [0.2, 0.25) is 0 Å². The Labute approximate surface area is 231 Å². The number of fused-ring (bicyclic) bond motifs is 1. The molecule has 2 N–H and O–H groups in total. The minimum absolute atomic E-state index is 0.0466. The minimum atomic E-state index is -1.70. The summed E-state index contributed by atoms with van der Waals surface area (Å²) < 4.78 is 21.1. The van der Waals surface area contributed by atoms with Gasteiger partial charge in [-0.3, -0.25) is 23.9 Å². The summed E-state index contributed by atoms with van der Waals surface area (Å²) in [5.41, 5.74) is 0.165. The molecule has 0 radical (unpaired) electrons. The van der Waals surface area contributed by atoms with Crippen LogP contribution in [0.25, 0.3) is 0 Å². The van der Waals surface area contributed by atoms with Crippen LogP contribution < -0.4 is 11.2 Å². The van der Waals surface area contributed by atoms with Crippen LogP contribution in [-0.4, -0.2) is 75.8 Å². The molecule has 1 aromatic heterocycles. The number of hydrogen-bond acceptors (Lipinski definition) is 9. The second kappa shape index (κ2) is 13.2. The molecule has 0 spiro atoms. The topological polar surface area (TPSA) is 140 Å². The number of rotatable bonds is 12. The molecule has 4 atom stereocenters. The number of H-pyrrole nitrogens is 1. The van der Waals surface area contributed by atoms with E-state index in [4.69, 9.17) is 25.4 Å². The third kappa shape index (κ3) is 6.99. The summed E-state index contributed by atoms with van der Waals surface area (Å²) in [6.07, 6.45) is 1.95. The fourth-order valence-electron chi connectivity index (χ4n) is 4.33. The number of allylic oxidation sites excluding steroid dienone is 1. The molecule has 1 aliphatic heterocycles. The van der Waals surface area contributed by atoms with Crippen molar-refractivity contribution in [1.82, 2.24) is 14.2 Å². The number of aliphatic hydroxyl groups is 1. The van der Waals surface area contributed by atoms with Gasteiger partial charge in [0.05, 0.1) is 19.3 Å². The number of aryl methyl sites for hydroxylation is 1. The summed E-state index contributed by atoms with van der Waals surface area (Å²) in [6, 6.07) is 6.65. The molecule has 2 aliphatic rings. The maximum atomic E-state index is 12.9. The van der Waals surface area contributed by atoms with Gasteiger partial charge in [0, 0.05) is 47.3 Å². The first-order chi connectivity index (χ1) is 18.7.